The molecule has 0 radical (unpaired) electrons. The Morgan fingerprint density at radius 1 is 0.423 bits per heavy atom. The van der Waals surface area contributed by atoms with Crippen molar-refractivity contribution in [3.05, 3.63) is 107 Å². The lowest BCUT2D eigenvalue weighted by molar-refractivity contribution is -0.403. The van der Waals surface area contributed by atoms with Crippen LogP contribution >= 0.6 is 0 Å². The predicted octanol–water partition coefficient (Wildman–Crippen LogP) is 10.6. The molecule has 3 aromatic carbocycles. The fraction of sp³-hybridized carbons (Fsp3) is 0.524. The molecular formula is C42H60O10. The summed E-state index contributed by atoms with van der Waals surface area (Å²) in [5.41, 5.74) is -0.523. The Balaban J connectivity index is 0.000000365. The Kier molecular flexibility index (Phi) is 15.8. The van der Waals surface area contributed by atoms with Gasteiger partial charge in [0.2, 0.25) is 0 Å². The predicted molar refractivity (Wildman–Crippen MR) is 200 cm³/mol. The molecule has 0 amide bonds. The molecule has 288 valence electrons. The first-order valence-corrected chi connectivity index (χ1v) is 17.6. The lowest BCUT2D eigenvalue weighted by atomic mass is 9.91. The molecule has 0 saturated carbocycles. The fourth-order valence-corrected chi connectivity index (χ4v) is 4.05. The SMILES string of the molecule is CC(C)(C)OOC(C)(C)c1cccc(C(C)(C)OOC(C)(C)C)c1.CC(C)(CCC(C)(C)OOC(=O)c1ccccc1)OOC(=O)c1ccccc1. The van der Waals surface area contributed by atoms with E-state index in [1.165, 1.54) is 0 Å². The van der Waals surface area contributed by atoms with Crippen LogP contribution in [0.25, 0.3) is 0 Å². The van der Waals surface area contributed by atoms with Gasteiger partial charge in [-0.3, -0.25) is 9.78 Å². The van der Waals surface area contributed by atoms with Gasteiger partial charge in [0, 0.05) is 0 Å². The van der Waals surface area contributed by atoms with Crippen molar-refractivity contribution in [3.8, 4) is 0 Å². The average molecular weight is 725 g/mol. The van der Waals surface area contributed by atoms with E-state index < -0.39 is 34.3 Å². The van der Waals surface area contributed by atoms with Crippen LogP contribution in [0.3, 0.4) is 0 Å². The zero-order valence-electron chi connectivity index (χ0n) is 33.6. The van der Waals surface area contributed by atoms with Crippen LogP contribution in [-0.4, -0.2) is 34.3 Å². The van der Waals surface area contributed by atoms with Crippen molar-refractivity contribution in [2.75, 3.05) is 0 Å². The van der Waals surface area contributed by atoms with Gasteiger partial charge in [-0.25, -0.2) is 29.1 Å². The minimum absolute atomic E-state index is 0.363. The summed E-state index contributed by atoms with van der Waals surface area (Å²) in [6, 6.07) is 25.3. The van der Waals surface area contributed by atoms with Crippen molar-refractivity contribution < 1.29 is 48.7 Å². The summed E-state index contributed by atoms with van der Waals surface area (Å²) in [6.07, 6.45) is 1.01. The second-order valence-electron chi connectivity index (χ2n) is 16.8. The Morgan fingerprint density at radius 3 is 1.06 bits per heavy atom. The topological polar surface area (TPSA) is 108 Å². The summed E-state index contributed by atoms with van der Waals surface area (Å²) in [6.45, 7) is 26.9. The molecule has 0 aromatic heterocycles. The molecule has 3 rings (SSSR count). The molecule has 0 saturated heterocycles. The maximum Gasteiger partial charge on any atom is 0.373 e. The largest absolute Gasteiger partial charge is 0.373 e. The van der Waals surface area contributed by atoms with E-state index in [-0.39, 0.29) is 11.2 Å². The molecule has 0 aliphatic carbocycles. The minimum atomic E-state index is -0.742. The van der Waals surface area contributed by atoms with Crippen LogP contribution in [0.5, 0.6) is 0 Å². The van der Waals surface area contributed by atoms with Gasteiger partial charge in [0.1, 0.15) is 22.4 Å². The molecule has 0 bridgehead atoms. The van der Waals surface area contributed by atoms with E-state index in [0.29, 0.717) is 24.0 Å². The molecule has 0 heterocycles. The van der Waals surface area contributed by atoms with Crippen LogP contribution in [-0.2, 0) is 50.3 Å². The van der Waals surface area contributed by atoms with Gasteiger partial charge in [0.05, 0.1) is 22.3 Å². The number of carbonyl (C=O) groups excluding carboxylic acids is 2. The van der Waals surface area contributed by atoms with E-state index in [1.807, 2.05) is 99.6 Å². The van der Waals surface area contributed by atoms with Crippen LogP contribution in [0.15, 0.2) is 84.9 Å². The summed E-state index contributed by atoms with van der Waals surface area (Å²) >= 11 is 0. The fourth-order valence-electron chi connectivity index (χ4n) is 4.05. The van der Waals surface area contributed by atoms with E-state index in [2.05, 4.69) is 6.07 Å². The van der Waals surface area contributed by atoms with Gasteiger partial charge < -0.3 is 0 Å². The average Bonchev–Trinajstić information content (AvgIpc) is 3.08. The number of hydrogen-bond acceptors (Lipinski definition) is 10. The van der Waals surface area contributed by atoms with E-state index in [0.717, 1.165) is 11.1 Å². The summed E-state index contributed by atoms with van der Waals surface area (Å²) in [7, 11) is 0. The lowest BCUT2D eigenvalue weighted by Gasteiger charge is -2.32. The Labute approximate surface area is 310 Å². The molecule has 0 unspecified atom stereocenters. The molecule has 0 fully saturated rings. The van der Waals surface area contributed by atoms with Gasteiger partial charge >= 0.3 is 11.9 Å². The second kappa shape index (κ2) is 18.4. The van der Waals surface area contributed by atoms with Gasteiger partial charge in [-0.1, -0.05) is 54.6 Å². The maximum atomic E-state index is 12.0. The monoisotopic (exact) mass is 724 g/mol. The minimum Gasteiger partial charge on any atom is -0.292 e. The lowest BCUT2D eigenvalue weighted by Crippen LogP contribution is -2.32. The first kappa shape index (κ1) is 44.5. The molecule has 52 heavy (non-hydrogen) atoms. The van der Waals surface area contributed by atoms with Crippen LogP contribution in [0.2, 0.25) is 0 Å². The highest BCUT2D eigenvalue weighted by atomic mass is 17.2. The van der Waals surface area contributed by atoms with Gasteiger partial charge in [-0.2, -0.15) is 9.78 Å². The first-order chi connectivity index (χ1) is 23.8. The molecule has 0 spiro atoms. The summed E-state index contributed by atoms with van der Waals surface area (Å²) in [4.78, 5) is 66.9. The Bertz CT molecular complexity index is 1420. The molecule has 10 heteroatoms. The zero-order chi connectivity index (χ0) is 39.4. The van der Waals surface area contributed by atoms with E-state index >= 15 is 0 Å². The normalized spacial score (nSPS) is 12.8. The van der Waals surface area contributed by atoms with Gasteiger partial charge in [0.25, 0.3) is 0 Å². The molecule has 0 N–H and O–H groups in total. The van der Waals surface area contributed by atoms with Gasteiger partial charge in [-0.15, -0.1) is 0 Å². The number of hydrogen-bond donors (Lipinski definition) is 0. The number of benzene rings is 3. The Morgan fingerprint density at radius 2 is 0.750 bits per heavy atom. The third kappa shape index (κ3) is 16.8. The van der Waals surface area contributed by atoms with Crippen molar-refractivity contribution >= 4 is 11.9 Å². The third-order valence-electron chi connectivity index (χ3n) is 7.29. The summed E-state index contributed by atoms with van der Waals surface area (Å²) < 4.78 is 0. The highest BCUT2D eigenvalue weighted by Gasteiger charge is 2.32. The number of carbonyl (C=O) groups is 2. The van der Waals surface area contributed by atoms with Crippen LogP contribution in [0, 0.1) is 0 Å². The van der Waals surface area contributed by atoms with E-state index in [9.17, 15) is 9.59 Å². The quantitative estimate of drug-likeness (QED) is 0.111. The van der Waals surface area contributed by atoms with Crippen LogP contribution in [0.1, 0.15) is 142 Å². The molecule has 0 aliphatic heterocycles. The summed E-state index contributed by atoms with van der Waals surface area (Å²) in [5, 5.41) is 0. The molecule has 0 aliphatic rings. The molecule has 3 aromatic rings. The van der Waals surface area contributed by atoms with Crippen molar-refractivity contribution in [1.82, 2.24) is 0 Å². The standard InChI is InChI=1S/C22H26O6.C20H34O4/c1-21(2,27-25-19(23)17-11-7-5-8-12-17)15-16-22(3,4)28-26-20(24)18-13-9-6-10-14-18;1-17(2,3)21-23-19(7,8)15-12-11-13-16(14-15)20(9,10)24-22-18(4,5)6/h5-14H,15-16H2,1-4H3;11-14H,1-10H3. The van der Waals surface area contributed by atoms with Crippen molar-refractivity contribution in [3.63, 3.8) is 0 Å². The Hall–Kier alpha value is -3.64. The van der Waals surface area contributed by atoms with E-state index in [1.54, 1.807) is 76.2 Å². The molecular weight excluding hydrogens is 664 g/mol. The first-order valence-electron chi connectivity index (χ1n) is 17.6. The molecule has 10 nitrogen and oxygen atoms in total. The third-order valence-corrected chi connectivity index (χ3v) is 7.29. The second-order valence-corrected chi connectivity index (χ2v) is 16.8. The smallest absolute Gasteiger partial charge is 0.292 e. The maximum absolute atomic E-state index is 12.0. The summed E-state index contributed by atoms with van der Waals surface area (Å²) in [5.74, 6) is -1.11. The zero-order valence-corrected chi connectivity index (χ0v) is 33.6. The molecule has 0 atom stereocenters. The van der Waals surface area contributed by atoms with Gasteiger partial charge in [-0.05, 0) is 151 Å². The van der Waals surface area contributed by atoms with Crippen molar-refractivity contribution in [2.45, 2.75) is 143 Å². The highest BCUT2D eigenvalue weighted by molar-refractivity contribution is 5.89. The van der Waals surface area contributed by atoms with E-state index in [4.69, 9.17) is 39.1 Å². The van der Waals surface area contributed by atoms with Crippen molar-refractivity contribution in [2.24, 2.45) is 0 Å². The number of rotatable bonds is 15. The van der Waals surface area contributed by atoms with Crippen molar-refractivity contribution in [1.29, 1.82) is 0 Å². The highest BCUT2D eigenvalue weighted by Crippen LogP contribution is 2.33. The van der Waals surface area contributed by atoms with Gasteiger partial charge in [0.15, 0.2) is 0 Å². The van der Waals surface area contributed by atoms with Crippen LogP contribution in [0.4, 0.5) is 0 Å². The van der Waals surface area contributed by atoms with Crippen LogP contribution < -0.4 is 0 Å².